The van der Waals surface area contributed by atoms with Gasteiger partial charge in [0.2, 0.25) is 0 Å². The Morgan fingerprint density at radius 3 is 2.42 bits per heavy atom. The van der Waals surface area contributed by atoms with Crippen LogP contribution in [-0.2, 0) is 0 Å². The Labute approximate surface area is 105 Å². The molecule has 0 aromatic carbocycles. The van der Waals surface area contributed by atoms with Crippen LogP contribution in [0.15, 0.2) is 7.57 Å². The fraction of sp³-hybridized carbons (Fsp3) is 0.429. The van der Waals surface area contributed by atoms with Gasteiger partial charge in [0, 0.05) is 10.4 Å². The third-order valence-electron chi connectivity index (χ3n) is 1.93. The lowest BCUT2D eigenvalue weighted by Crippen LogP contribution is -1.79. The second-order valence-electron chi connectivity index (χ2n) is 2.65. The summed E-state index contributed by atoms with van der Waals surface area (Å²) in [7, 11) is 0. The SMILES string of the molecule is Cl[C@H]1C[C@H](Br)c2c(Br)sc(Br)c21. The molecule has 0 aliphatic heterocycles. The van der Waals surface area contributed by atoms with Crippen LogP contribution in [-0.4, -0.2) is 0 Å². The van der Waals surface area contributed by atoms with Crippen LogP contribution in [0.2, 0.25) is 0 Å². The van der Waals surface area contributed by atoms with Gasteiger partial charge in [0.25, 0.3) is 0 Å². The van der Waals surface area contributed by atoms with Crippen LogP contribution >= 0.6 is 70.7 Å². The third kappa shape index (κ3) is 1.44. The summed E-state index contributed by atoms with van der Waals surface area (Å²) in [5.41, 5.74) is 2.59. The van der Waals surface area contributed by atoms with E-state index in [1.165, 1.54) is 14.9 Å². The quantitative estimate of drug-likeness (QED) is 0.517. The molecule has 12 heavy (non-hydrogen) atoms. The van der Waals surface area contributed by atoms with Gasteiger partial charge in [-0.2, -0.15) is 0 Å². The number of thiophene rings is 1. The maximum Gasteiger partial charge on any atom is 0.0760 e. The molecule has 0 N–H and O–H groups in total. The fourth-order valence-electron chi connectivity index (χ4n) is 1.40. The van der Waals surface area contributed by atoms with Crippen molar-refractivity contribution in [1.82, 2.24) is 0 Å². The maximum absolute atomic E-state index is 6.18. The molecule has 1 aliphatic carbocycles. The van der Waals surface area contributed by atoms with Crippen molar-refractivity contribution in [2.24, 2.45) is 0 Å². The molecule has 1 aliphatic rings. The first kappa shape index (κ1) is 9.97. The van der Waals surface area contributed by atoms with Crippen molar-refractivity contribution in [3.8, 4) is 0 Å². The van der Waals surface area contributed by atoms with Crippen LogP contribution in [0.4, 0.5) is 0 Å². The highest BCUT2D eigenvalue weighted by Gasteiger charge is 2.33. The molecule has 2 atom stereocenters. The van der Waals surface area contributed by atoms with Crippen LogP contribution in [0.1, 0.15) is 27.8 Å². The van der Waals surface area contributed by atoms with Crippen molar-refractivity contribution < 1.29 is 0 Å². The average Bonchev–Trinajstić information content (AvgIpc) is 2.38. The van der Waals surface area contributed by atoms with Crippen LogP contribution in [0.5, 0.6) is 0 Å². The summed E-state index contributed by atoms with van der Waals surface area (Å²) in [5, 5.41) is 0.154. The Morgan fingerprint density at radius 1 is 1.25 bits per heavy atom. The van der Waals surface area contributed by atoms with E-state index in [0.29, 0.717) is 4.83 Å². The molecular weight excluding hydrogens is 391 g/mol. The Hall–Kier alpha value is 1.43. The normalized spacial score (nSPS) is 27.7. The largest absolute Gasteiger partial charge is 0.121 e. The molecule has 0 unspecified atom stereocenters. The van der Waals surface area contributed by atoms with E-state index in [1.807, 2.05) is 0 Å². The highest BCUT2D eigenvalue weighted by atomic mass is 79.9. The number of rotatable bonds is 0. The van der Waals surface area contributed by atoms with Crippen molar-refractivity contribution in [2.75, 3.05) is 0 Å². The molecular formula is C7H4Br3ClS. The fourth-order valence-corrected chi connectivity index (χ4v) is 7.01. The summed E-state index contributed by atoms with van der Waals surface area (Å²) in [5.74, 6) is 0. The summed E-state index contributed by atoms with van der Waals surface area (Å²) in [6.07, 6.45) is 0.983. The lowest BCUT2D eigenvalue weighted by molar-refractivity contribution is 0.872. The van der Waals surface area contributed by atoms with Crippen molar-refractivity contribution >= 4 is 70.7 Å². The van der Waals surface area contributed by atoms with Crippen LogP contribution in [0, 0.1) is 0 Å². The van der Waals surface area contributed by atoms with Gasteiger partial charge >= 0.3 is 0 Å². The Bertz CT molecular complexity index is 294. The molecule has 0 amide bonds. The summed E-state index contributed by atoms with van der Waals surface area (Å²) in [6, 6.07) is 0. The van der Waals surface area contributed by atoms with Crippen molar-refractivity contribution in [1.29, 1.82) is 0 Å². The first-order valence-electron chi connectivity index (χ1n) is 3.37. The highest BCUT2D eigenvalue weighted by molar-refractivity contribution is 9.12. The van der Waals surface area contributed by atoms with E-state index in [1.54, 1.807) is 11.3 Å². The van der Waals surface area contributed by atoms with Gasteiger partial charge in [0.15, 0.2) is 0 Å². The number of hydrogen-bond acceptors (Lipinski definition) is 1. The van der Waals surface area contributed by atoms with Gasteiger partial charge in [-0.05, 0) is 43.8 Å². The molecule has 2 rings (SSSR count). The molecule has 5 heteroatoms. The minimum Gasteiger partial charge on any atom is -0.121 e. The molecule has 0 spiro atoms. The molecule has 0 fully saturated rings. The van der Waals surface area contributed by atoms with Crippen molar-refractivity contribution in [2.45, 2.75) is 16.6 Å². The predicted octanol–water partition coefficient (Wildman–Crippen LogP) is 5.39. The van der Waals surface area contributed by atoms with E-state index >= 15 is 0 Å². The molecule has 0 bridgehead atoms. The van der Waals surface area contributed by atoms with Crippen molar-refractivity contribution in [3.05, 3.63) is 18.7 Å². The summed E-state index contributed by atoms with van der Waals surface area (Å²) >= 11 is 18.5. The van der Waals surface area contributed by atoms with Crippen LogP contribution < -0.4 is 0 Å². The minimum atomic E-state index is 0.154. The summed E-state index contributed by atoms with van der Waals surface area (Å²) in [4.78, 5) is 0.409. The van der Waals surface area contributed by atoms with Crippen LogP contribution in [0.3, 0.4) is 0 Å². The Balaban J connectivity index is 2.62. The Kier molecular flexibility index (Phi) is 2.94. The standard InChI is InChI=1S/C7H4Br3ClS/c8-2-1-3(11)5-4(2)6(9)12-7(5)10/h2-3H,1H2/t2-,3-/m0/s1. The first-order valence-corrected chi connectivity index (χ1v) is 7.12. The third-order valence-corrected chi connectivity index (χ3v) is 5.79. The maximum atomic E-state index is 6.18. The minimum absolute atomic E-state index is 0.154. The van der Waals surface area contributed by atoms with Gasteiger partial charge in [0.1, 0.15) is 0 Å². The van der Waals surface area contributed by atoms with E-state index in [-0.39, 0.29) is 5.38 Å². The predicted molar refractivity (Wildman–Crippen MR) is 64.6 cm³/mol. The van der Waals surface area contributed by atoms with Gasteiger partial charge in [-0.15, -0.1) is 22.9 Å². The molecule has 1 aromatic heterocycles. The zero-order valence-corrected chi connectivity index (χ0v) is 12.1. The van der Waals surface area contributed by atoms with E-state index in [2.05, 4.69) is 47.8 Å². The zero-order valence-electron chi connectivity index (χ0n) is 5.78. The van der Waals surface area contributed by atoms with E-state index in [0.717, 1.165) is 10.2 Å². The first-order chi connectivity index (χ1) is 5.61. The molecule has 0 radical (unpaired) electrons. The molecule has 1 heterocycles. The topological polar surface area (TPSA) is 0 Å². The van der Waals surface area contributed by atoms with Gasteiger partial charge in [-0.1, -0.05) is 15.9 Å². The zero-order chi connectivity index (χ0) is 8.88. The number of fused-ring (bicyclic) bond motifs is 1. The van der Waals surface area contributed by atoms with Crippen LogP contribution in [0.25, 0.3) is 0 Å². The second-order valence-corrected chi connectivity index (χ2v) is 7.94. The molecule has 0 nitrogen and oxygen atoms in total. The van der Waals surface area contributed by atoms with Gasteiger partial charge in [0.05, 0.1) is 12.9 Å². The number of alkyl halides is 2. The molecule has 0 saturated heterocycles. The lowest BCUT2D eigenvalue weighted by Gasteiger charge is -1.99. The lowest BCUT2D eigenvalue weighted by atomic mass is 10.2. The van der Waals surface area contributed by atoms with Crippen molar-refractivity contribution in [3.63, 3.8) is 0 Å². The van der Waals surface area contributed by atoms with Gasteiger partial charge in [-0.3, -0.25) is 0 Å². The monoisotopic (exact) mass is 392 g/mol. The van der Waals surface area contributed by atoms with E-state index in [4.69, 9.17) is 11.6 Å². The number of halogens is 4. The molecule has 66 valence electrons. The van der Waals surface area contributed by atoms with E-state index in [9.17, 15) is 0 Å². The molecule has 0 saturated carbocycles. The smallest absolute Gasteiger partial charge is 0.0760 e. The van der Waals surface area contributed by atoms with Gasteiger partial charge in [-0.25, -0.2) is 0 Å². The Morgan fingerprint density at radius 2 is 1.83 bits per heavy atom. The summed E-state index contributed by atoms with van der Waals surface area (Å²) in [6.45, 7) is 0. The number of hydrogen-bond donors (Lipinski definition) is 0. The van der Waals surface area contributed by atoms with Gasteiger partial charge < -0.3 is 0 Å². The average molecular weight is 395 g/mol. The second kappa shape index (κ2) is 3.54. The summed E-state index contributed by atoms with van der Waals surface area (Å²) < 4.78 is 2.35. The van der Waals surface area contributed by atoms with E-state index < -0.39 is 0 Å². The highest BCUT2D eigenvalue weighted by Crippen LogP contribution is 2.55. The molecule has 1 aromatic rings.